The fraction of sp³-hybridized carbons (Fsp3) is 0.133. The normalized spacial score (nSPS) is 12.3. The van der Waals surface area contributed by atoms with Gasteiger partial charge in [-0.15, -0.1) is 0 Å². The largest absolute Gasteiger partial charge is 0.416 e. The molecule has 0 aromatic heterocycles. The van der Waals surface area contributed by atoms with Gasteiger partial charge >= 0.3 is 6.18 Å². The first-order chi connectivity index (χ1) is 9.47. The lowest BCUT2D eigenvalue weighted by atomic mass is 10.1. The van der Waals surface area contributed by atoms with E-state index in [9.17, 15) is 13.2 Å². The van der Waals surface area contributed by atoms with Gasteiger partial charge in [-0.1, -0.05) is 30.3 Å². The summed E-state index contributed by atoms with van der Waals surface area (Å²) in [6, 6.07) is 14.3. The van der Waals surface area contributed by atoms with Crippen molar-refractivity contribution in [3.63, 3.8) is 0 Å². The van der Waals surface area contributed by atoms with Crippen molar-refractivity contribution in [2.45, 2.75) is 13.1 Å². The number of benzene rings is 2. The van der Waals surface area contributed by atoms with E-state index < -0.39 is 11.7 Å². The molecular formula is C15H13F3N2. The Labute approximate surface area is 114 Å². The predicted molar refractivity (Wildman–Crippen MR) is 73.7 cm³/mol. The Morgan fingerprint density at radius 1 is 0.950 bits per heavy atom. The van der Waals surface area contributed by atoms with Crippen molar-refractivity contribution in [1.82, 2.24) is 0 Å². The van der Waals surface area contributed by atoms with Gasteiger partial charge in [0, 0.05) is 0 Å². The molecule has 5 heteroatoms. The number of hydrogen-bond acceptors (Lipinski definition) is 2. The van der Waals surface area contributed by atoms with E-state index >= 15 is 0 Å². The van der Waals surface area contributed by atoms with Crippen LogP contribution in [0.5, 0.6) is 0 Å². The summed E-state index contributed by atoms with van der Waals surface area (Å²) in [6.07, 6.45) is -4.32. The fourth-order valence-electron chi connectivity index (χ4n) is 1.63. The third kappa shape index (κ3) is 3.60. The van der Waals surface area contributed by atoms with Crippen LogP contribution in [0.4, 0.5) is 18.9 Å². The van der Waals surface area contributed by atoms with Gasteiger partial charge in [-0.3, -0.25) is 5.43 Å². The first-order valence-corrected chi connectivity index (χ1v) is 6.00. The number of nitrogens with zero attached hydrogens (tertiary/aromatic N) is 1. The van der Waals surface area contributed by atoms with E-state index in [1.165, 1.54) is 12.1 Å². The van der Waals surface area contributed by atoms with Crippen LogP contribution >= 0.6 is 0 Å². The standard InChI is InChI=1S/C15H13F3N2/c1-11(12-5-3-2-4-6-12)19-20-14-9-7-13(8-10-14)15(16,17)18/h2-10,20H,1H3/b19-11+. The Morgan fingerprint density at radius 2 is 1.55 bits per heavy atom. The second-order valence-corrected chi connectivity index (χ2v) is 4.25. The summed E-state index contributed by atoms with van der Waals surface area (Å²) < 4.78 is 37.2. The number of nitrogens with one attached hydrogen (secondary N) is 1. The zero-order chi connectivity index (χ0) is 14.6. The van der Waals surface area contributed by atoms with E-state index in [0.717, 1.165) is 23.4 Å². The molecule has 0 aliphatic carbocycles. The number of hydrogen-bond donors (Lipinski definition) is 1. The predicted octanol–water partition coefficient (Wildman–Crippen LogP) is 4.54. The Morgan fingerprint density at radius 3 is 2.10 bits per heavy atom. The smallest absolute Gasteiger partial charge is 0.278 e. The van der Waals surface area contributed by atoms with Crippen LogP contribution in [0.1, 0.15) is 18.1 Å². The van der Waals surface area contributed by atoms with Gasteiger partial charge in [0.25, 0.3) is 0 Å². The zero-order valence-corrected chi connectivity index (χ0v) is 10.8. The van der Waals surface area contributed by atoms with Crippen molar-refractivity contribution >= 4 is 11.4 Å². The highest BCUT2D eigenvalue weighted by molar-refractivity contribution is 5.99. The van der Waals surface area contributed by atoms with Gasteiger partial charge in [0.05, 0.1) is 17.0 Å². The van der Waals surface area contributed by atoms with Crippen LogP contribution in [0, 0.1) is 0 Å². The number of anilines is 1. The quantitative estimate of drug-likeness (QED) is 0.647. The minimum absolute atomic E-state index is 0.508. The minimum atomic E-state index is -4.32. The van der Waals surface area contributed by atoms with E-state index in [1.54, 1.807) is 0 Å². The summed E-state index contributed by atoms with van der Waals surface area (Å²) in [5, 5.41) is 4.14. The molecule has 2 aromatic rings. The average molecular weight is 278 g/mol. The lowest BCUT2D eigenvalue weighted by Gasteiger charge is -2.07. The van der Waals surface area contributed by atoms with Crippen LogP contribution in [0.2, 0.25) is 0 Å². The molecule has 0 aliphatic heterocycles. The minimum Gasteiger partial charge on any atom is -0.278 e. The Bertz CT molecular complexity index is 587. The van der Waals surface area contributed by atoms with E-state index in [0.29, 0.717) is 5.69 Å². The highest BCUT2D eigenvalue weighted by Crippen LogP contribution is 2.29. The zero-order valence-electron chi connectivity index (χ0n) is 10.8. The maximum absolute atomic E-state index is 12.4. The van der Waals surface area contributed by atoms with Crippen LogP contribution in [0.15, 0.2) is 59.7 Å². The Hall–Kier alpha value is -2.30. The summed E-state index contributed by atoms with van der Waals surface area (Å²) in [4.78, 5) is 0. The van der Waals surface area contributed by atoms with Crippen LogP contribution in [-0.2, 0) is 6.18 Å². The van der Waals surface area contributed by atoms with E-state index in [-0.39, 0.29) is 0 Å². The summed E-state index contributed by atoms with van der Waals surface area (Å²) in [7, 11) is 0. The molecule has 0 fully saturated rings. The molecule has 0 saturated carbocycles. The highest BCUT2D eigenvalue weighted by atomic mass is 19.4. The van der Waals surface area contributed by atoms with E-state index in [1.807, 2.05) is 37.3 Å². The van der Waals surface area contributed by atoms with Crippen molar-refractivity contribution in [1.29, 1.82) is 0 Å². The van der Waals surface area contributed by atoms with Gasteiger partial charge in [-0.05, 0) is 36.8 Å². The number of halogens is 3. The van der Waals surface area contributed by atoms with Crippen molar-refractivity contribution in [3.05, 3.63) is 65.7 Å². The summed E-state index contributed by atoms with van der Waals surface area (Å²) in [6.45, 7) is 1.83. The van der Waals surface area contributed by atoms with Gasteiger partial charge in [-0.25, -0.2) is 0 Å². The molecule has 0 unspecified atom stereocenters. The van der Waals surface area contributed by atoms with E-state index in [2.05, 4.69) is 10.5 Å². The lowest BCUT2D eigenvalue weighted by molar-refractivity contribution is -0.137. The number of hydrazone groups is 1. The molecule has 0 aliphatic rings. The first kappa shape index (κ1) is 14.1. The molecule has 2 nitrogen and oxygen atoms in total. The SMILES string of the molecule is C/C(=N\Nc1ccc(C(F)(F)F)cc1)c1ccccc1. The topological polar surface area (TPSA) is 24.4 Å². The second-order valence-electron chi connectivity index (χ2n) is 4.25. The maximum Gasteiger partial charge on any atom is 0.416 e. The summed E-state index contributed by atoms with van der Waals surface area (Å²) in [5.41, 5.74) is 4.28. The van der Waals surface area contributed by atoms with Crippen LogP contribution in [0.3, 0.4) is 0 Å². The Balaban J connectivity index is 2.08. The monoisotopic (exact) mass is 278 g/mol. The molecular weight excluding hydrogens is 265 g/mol. The molecule has 0 spiro atoms. The summed E-state index contributed by atoms with van der Waals surface area (Å²) >= 11 is 0. The lowest BCUT2D eigenvalue weighted by Crippen LogP contribution is -2.04. The van der Waals surface area contributed by atoms with Crippen molar-refractivity contribution in [3.8, 4) is 0 Å². The molecule has 0 heterocycles. The van der Waals surface area contributed by atoms with Gasteiger partial charge in [0.1, 0.15) is 0 Å². The van der Waals surface area contributed by atoms with Crippen LogP contribution < -0.4 is 5.43 Å². The molecule has 104 valence electrons. The molecule has 0 atom stereocenters. The summed E-state index contributed by atoms with van der Waals surface area (Å²) in [5.74, 6) is 0. The average Bonchev–Trinajstić information content (AvgIpc) is 2.45. The molecule has 0 saturated heterocycles. The number of alkyl halides is 3. The van der Waals surface area contributed by atoms with Crippen molar-refractivity contribution < 1.29 is 13.2 Å². The van der Waals surface area contributed by atoms with Gasteiger partial charge in [-0.2, -0.15) is 18.3 Å². The molecule has 20 heavy (non-hydrogen) atoms. The fourth-order valence-corrected chi connectivity index (χ4v) is 1.63. The van der Waals surface area contributed by atoms with Crippen molar-refractivity contribution in [2.75, 3.05) is 5.43 Å². The molecule has 2 aromatic carbocycles. The first-order valence-electron chi connectivity index (χ1n) is 6.00. The van der Waals surface area contributed by atoms with Gasteiger partial charge in [0.2, 0.25) is 0 Å². The van der Waals surface area contributed by atoms with Gasteiger partial charge < -0.3 is 0 Å². The highest BCUT2D eigenvalue weighted by Gasteiger charge is 2.29. The third-order valence-electron chi connectivity index (χ3n) is 2.76. The van der Waals surface area contributed by atoms with Crippen molar-refractivity contribution in [2.24, 2.45) is 5.10 Å². The maximum atomic E-state index is 12.4. The van der Waals surface area contributed by atoms with Gasteiger partial charge in [0.15, 0.2) is 0 Å². The molecule has 1 N–H and O–H groups in total. The van der Waals surface area contributed by atoms with E-state index in [4.69, 9.17) is 0 Å². The Kier molecular flexibility index (Phi) is 4.08. The molecule has 2 rings (SSSR count). The number of rotatable bonds is 3. The molecule has 0 amide bonds. The van der Waals surface area contributed by atoms with Crippen LogP contribution in [-0.4, -0.2) is 5.71 Å². The molecule has 0 radical (unpaired) electrons. The van der Waals surface area contributed by atoms with Crippen LogP contribution in [0.25, 0.3) is 0 Å². The third-order valence-corrected chi connectivity index (χ3v) is 2.76. The molecule has 0 bridgehead atoms. The second kappa shape index (κ2) is 5.77.